The number of halogens is 2. The van der Waals surface area contributed by atoms with E-state index in [0.717, 1.165) is 6.42 Å². The Balaban J connectivity index is 0.000000647. The van der Waals surface area contributed by atoms with Crippen molar-refractivity contribution in [3.8, 4) is 11.1 Å². The molecule has 1 aliphatic rings. The molecule has 0 saturated carbocycles. The second-order valence-corrected chi connectivity index (χ2v) is 11.0. The molecule has 2 aromatic rings. The van der Waals surface area contributed by atoms with E-state index in [1.165, 1.54) is 33.4 Å². The van der Waals surface area contributed by atoms with Crippen molar-refractivity contribution in [3.05, 3.63) is 58.7 Å². The fraction of sp³-hybridized carbons (Fsp3) is 0.429. The molecule has 1 aliphatic carbocycles. The van der Waals surface area contributed by atoms with Crippen LogP contribution in [0.2, 0.25) is 0 Å². The van der Waals surface area contributed by atoms with E-state index in [1.54, 1.807) is 0 Å². The molecule has 0 heterocycles. The third-order valence-electron chi connectivity index (χ3n) is 4.46. The first-order valence-corrected chi connectivity index (χ1v) is 12.6. The van der Waals surface area contributed by atoms with Crippen LogP contribution in [-0.2, 0) is 32.4 Å². The summed E-state index contributed by atoms with van der Waals surface area (Å²) in [6.45, 7) is 13.6. The first-order valence-electron chi connectivity index (χ1n) is 8.12. The molecular weight excluding hydrogens is 424 g/mol. The molecule has 3 heteroatoms. The molecule has 3 rings (SSSR count). The van der Waals surface area contributed by atoms with Crippen molar-refractivity contribution in [2.75, 3.05) is 0 Å². The molecule has 0 amide bonds. The average molecular weight is 449 g/mol. The van der Waals surface area contributed by atoms with Gasteiger partial charge in [-0.2, -0.15) is 23.8 Å². The van der Waals surface area contributed by atoms with Gasteiger partial charge in [0.1, 0.15) is 0 Å². The van der Waals surface area contributed by atoms with E-state index in [9.17, 15) is 0 Å². The van der Waals surface area contributed by atoms with Gasteiger partial charge in [-0.15, -0.1) is 11.1 Å². The summed E-state index contributed by atoms with van der Waals surface area (Å²) in [5.74, 6) is 0. The van der Waals surface area contributed by atoms with Gasteiger partial charge >= 0.3 is 34.5 Å². The van der Waals surface area contributed by atoms with Crippen LogP contribution in [0.1, 0.15) is 63.8 Å². The second-order valence-electron chi connectivity index (χ2n) is 8.36. The average Bonchev–Trinajstić information content (AvgIpc) is 2.82. The van der Waals surface area contributed by atoms with Crippen LogP contribution in [0.5, 0.6) is 0 Å². The van der Waals surface area contributed by atoms with Crippen LogP contribution in [0.15, 0.2) is 30.3 Å². The normalized spacial score (nSPS) is 13.2. The Labute approximate surface area is 162 Å². The number of rotatable bonds is 0. The summed E-state index contributed by atoms with van der Waals surface area (Å²) < 4.78 is 0. The molecule has 0 unspecified atom stereocenters. The Hall–Kier alpha value is -0.357. The van der Waals surface area contributed by atoms with Crippen molar-refractivity contribution in [2.45, 2.75) is 58.8 Å². The van der Waals surface area contributed by atoms with Crippen LogP contribution >= 0.6 is 19.4 Å². The predicted molar refractivity (Wildman–Crippen MR) is 103 cm³/mol. The fourth-order valence-corrected chi connectivity index (χ4v) is 3.03. The second kappa shape index (κ2) is 7.49. The third kappa shape index (κ3) is 4.43. The zero-order valence-corrected chi connectivity index (χ0v) is 18.5. The molecule has 0 saturated heterocycles. The van der Waals surface area contributed by atoms with E-state index in [2.05, 4.69) is 77.9 Å². The Morgan fingerprint density at radius 2 is 1.46 bits per heavy atom. The SMILES string of the molecule is CC(C)(C)c1[c-]c2c(cc1)-c1ccc(C(C)(C)C)cc1C2.[Cl][Ru][Cl]. The molecule has 0 fully saturated rings. The first kappa shape index (κ1) is 20.0. The van der Waals surface area contributed by atoms with Gasteiger partial charge in [0.15, 0.2) is 0 Å². The van der Waals surface area contributed by atoms with Gasteiger partial charge in [0.25, 0.3) is 0 Å². The van der Waals surface area contributed by atoms with Gasteiger partial charge < -0.3 is 0 Å². The van der Waals surface area contributed by atoms with E-state index in [4.69, 9.17) is 19.4 Å². The molecule has 132 valence electrons. The van der Waals surface area contributed by atoms with Gasteiger partial charge in [-0.05, 0) is 28.4 Å². The topological polar surface area (TPSA) is 0 Å². The van der Waals surface area contributed by atoms with Crippen molar-refractivity contribution < 1.29 is 15.1 Å². The number of hydrogen-bond donors (Lipinski definition) is 0. The number of fused-ring (bicyclic) bond motifs is 3. The molecule has 2 aromatic carbocycles. The van der Waals surface area contributed by atoms with Crippen molar-refractivity contribution in [3.63, 3.8) is 0 Å². The van der Waals surface area contributed by atoms with Crippen molar-refractivity contribution in [1.29, 1.82) is 0 Å². The monoisotopic (exact) mass is 449 g/mol. The quantitative estimate of drug-likeness (QED) is 0.255. The molecule has 24 heavy (non-hydrogen) atoms. The Kier molecular flexibility index (Phi) is 6.23. The maximum absolute atomic E-state index is 4.85. The van der Waals surface area contributed by atoms with Gasteiger partial charge in [-0.1, -0.05) is 65.3 Å². The molecule has 0 radical (unpaired) electrons. The number of benzene rings is 2. The molecular formula is C21H25Cl2Ru-. The maximum atomic E-state index is 4.85. The summed E-state index contributed by atoms with van der Waals surface area (Å²) in [5, 5.41) is 0. The summed E-state index contributed by atoms with van der Waals surface area (Å²) in [7, 11) is 9.71. The molecule has 0 N–H and O–H groups in total. The van der Waals surface area contributed by atoms with Crippen LogP contribution in [0.3, 0.4) is 0 Å². The first-order chi connectivity index (χ1) is 11.1. The van der Waals surface area contributed by atoms with Crippen LogP contribution in [-0.4, -0.2) is 0 Å². The number of hydrogen-bond acceptors (Lipinski definition) is 0. The molecule has 0 aliphatic heterocycles. The predicted octanol–water partition coefficient (Wildman–Crippen LogP) is 7.03. The zero-order chi connectivity index (χ0) is 18.1. The van der Waals surface area contributed by atoms with Crippen LogP contribution in [0.25, 0.3) is 11.1 Å². The van der Waals surface area contributed by atoms with Gasteiger partial charge in [-0.3, -0.25) is 0 Å². The molecule has 0 bridgehead atoms. The molecule has 0 atom stereocenters. The van der Waals surface area contributed by atoms with Gasteiger partial charge in [0.2, 0.25) is 0 Å². The van der Waals surface area contributed by atoms with Crippen molar-refractivity contribution >= 4 is 19.4 Å². The minimum atomic E-state index is -0.346. The van der Waals surface area contributed by atoms with Crippen LogP contribution in [0, 0.1) is 6.07 Å². The summed E-state index contributed by atoms with van der Waals surface area (Å²) in [6, 6.07) is 15.2. The molecule has 0 aromatic heterocycles. The standard InChI is InChI=1S/C21H25.2ClH.Ru/c1-20(2,3)16-7-9-18-14(12-16)11-15-13-17(21(4,5)6)8-10-19(15)18;;;/h7-10,12H,11H2,1-6H3;2*1H;/q-1;;;+2/p-2. The van der Waals surface area contributed by atoms with E-state index >= 15 is 0 Å². The Bertz CT molecular complexity index is 660. The van der Waals surface area contributed by atoms with Crippen LogP contribution in [0.4, 0.5) is 0 Å². The molecule has 0 nitrogen and oxygen atoms in total. The van der Waals surface area contributed by atoms with Gasteiger partial charge in [0, 0.05) is 0 Å². The summed E-state index contributed by atoms with van der Waals surface area (Å²) in [5.41, 5.74) is 8.70. The van der Waals surface area contributed by atoms with E-state index in [-0.39, 0.29) is 26.0 Å². The van der Waals surface area contributed by atoms with E-state index in [1.807, 2.05) is 0 Å². The summed E-state index contributed by atoms with van der Waals surface area (Å²) in [4.78, 5) is 0. The van der Waals surface area contributed by atoms with Crippen LogP contribution < -0.4 is 0 Å². The zero-order valence-electron chi connectivity index (χ0n) is 15.2. The van der Waals surface area contributed by atoms with Gasteiger partial charge in [-0.25, -0.2) is 0 Å². The van der Waals surface area contributed by atoms with E-state index in [0.29, 0.717) is 0 Å². The fourth-order valence-electron chi connectivity index (χ4n) is 3.03. The van der Waals surface area contributed by atoms with E-state index < -0.39 is 0 Å². The minimum absolute atomic E-state index is 0.167. The van der Waals surface area contributed by atoms with Crippen molar-refractivity contribution in [1.82, 2.24) is 0 Å². The third-order valence-corrected chi connectivity index (χ3v) is 4.46. The summed E-state index contributed by atoms with van der Waals surface area (Å²) >= 11 is -0.346. The van der Waals surface area contributed by atoms with Crippen molar-refractivity contribution in [2.24, 2.45) is 0 Å². The Morgan fingerprint density at radius 1 is 0.875 bits per heavy atom. The summed E-state index contributed by atoms with van der Waals surface area (Å²) in [6.07, 6.45) is 1.03. The van der Waals surface area contributed by atoms with Gasteiger partial charge in [0.05, 0.1) is 0 Å². The molecule has 0 spiro atoms. The Morgan fingerprint density at radius 3 is 2.00 bits per heavy atom.